The minimum atomic E-state index is -0.782. The average molecular weight is 588 g/mol. The molecule has 0 bridgehead atoms. The first kappa shape index (κ1) is 26.2. The predicted molar refractivity (Wildman–Crippen MR) is 170 cm³/mol. The quantitative estimate of drug-likeness (QED) is 0.185. The summed E-state index contributed by atoms with van der Waals surface area (Å²) in [7, 11) is 0. The number of fused-ring (bicyclic) bond motifs is 2. The Bertz CT molecular complexity index is 1980. The maximum absolute atomic E-state index is 11.3. The molecule has 0 aliphatic rings. The Hall–Kier alpha value is -4.70. The highest BCUT2D eigenvalue weighted by Crippen LogP contribution is 2.40. The summed E-state index contributed by atoms with van der Waals surface area (Å²) >= 11 is 3.15. The van der Waals surface area contributed by atoms with E-state index in [1.54, 1.807) is 29.0 Å². The third-order valence-electron chi connectivity index (χ3n) is 7.15. The van der Waals surface area contributed by atoms with Gasteiger partial charge in [-0.15, -0.1) is 22.7 Å². The molecule has 2 N–H and O–H groups in total. The third kappa shape index (κ3) is 4.98. The zero-order valence-corrected chi connectivity index (χ0v) is 24.1. The highest BCUT2D eigenvalue weighted by Gasteiger charge is 2.21. The second-order valence-corrected chi connectivity index (χ2v) is 11.6. The van der Waals surface area contributed by atoms with Gasteiger partial charge in [0.25, 0.3) is 0 Å². The number of aliphatic hydroxyl groups excluding tert-OH is 1. The van der Waals surface area contributed by atoms with Crippen molar-refractivity contribution < 1.29 is 9.84 Å². The molecule has 0 spiro atoms. The van der Waals surface area contributed by atoms with Crippen LogP contribution in [0.4, 0.5) is 5.82 Å². The van der Waals surface area contributed by atoms with E-state index in [1.807, 2.05) is 67.6 Å². The molecule has 42 heavy (non-hydrogen) atoms. The van der Waals surface area contributed by atoms with Gasteiger partial charge in [0.05, 0.1) is 22.9 Å². The van der Waals surface area contributed by atoms with Crippen molar-refractivity contribution in [3.63, 3.8) is 0 Å². The van der Waals surface area contributed by atoms with Crippen LogP contribution in [0.2, 0.25) is 0 Å². The van der Waals surface area contributed by atoms with E-state index in [4.69, 9.17) is 4.74 Å². The molecule has 9 heteroatoms. The minimum Gasteiger partial charge on any atom is -0.438 e. The van der Waals surface area contributed by atoms with Crippen LogP contribution in [0.3, 0.4) is 0 Å². The Kier molecular flexibility index (Phi) is 7.05. The summed E-state index contributed by atoms with van der Waals surface area (Å²) in [6, 6.07) is 27.5. The molecule has 3 aromatic carbocycles. The third-order valence-corrected chi connectivity index (χ3v) is 8.92. The van der Waals surface area contributed by atoms with Gasteiger partial charge in [-0.3, -0.25) is 0 Å². The van der Waals surface area contributed by atoms with Crippen LogP contribution < -0.4 is 10.1 Å². The smallest absolute Gasteiger partial charge is 0.231 e. The van der Waals surface area contributed by atoms with E-state index in [0.29, 0.717) is 17.4 Å². The topological polar surface area (TPSA) is 93.1 Å². The highest BCUT2D eigenvalue weighted by molar-refractivity contribution is 7.17. The van der Waals surface area contributed by atoms with Crippen LogP contribution in [0.5, 0.6) is 11.6 Å². The van der Waals surface area contributed by atoms with Crippen LogP contribution in [0, 0.1) is 0 Å². The Balaban J connectivity index is 1.11. The van der Waals surface area contributed by atoms with Crippen molar-refractivity contribution in [1.82, 2.24) is 19.9 Å². The Labute approximate surface area is 250 Å². The van der Waals surface area contributed by atoms with Crippen LogP contribution >= 0.6 is 22.7 Å². The minimum absolute atomic E-state index is 0.320. The molecule has 0 saturated carbocycles. The number of hydrogen-bond donors (Lipinski definition) is 2. The lowest BCUT2D eigenvalue weighted by Gasteiger charge is -2.22. The molecule has 0 aliphatic carbocycles. The van der Waals surface area contributed by atoms with Crippen molar-refractivity contribution in [3.05, 3.63) is 114 Å². The maximum Gasteiger partial charge on any atom is 0.231 e. The number of nitrogens with zero attached hydrogens (tertiary/aromatic N) is 4. The molecule has 0 amide bonds. The van der Waals surface area contributed by atoms with Gasteiger partial charge < -0.3 is 15.2 Å². The Morgan fingerprint density at radius 2 is 1.26 bits per heavy atom. The van der Waals surface area contributed by atoms with Gasteiger partial charge in [-0.1, -0.05) is 72.8 Å². The monoisotopic (exact) mass is 587 g/mol. The molecule has 0 aliphatic heterocycles. The molecule has 4 heterocycles. The summed E-state index contributed by atoms with van der Waals surface area (Å²) in [5, 5.41) is 20.7. The molecule has 0 unspecified atom stereocenters. The van der Waals surface area contributed by atoms with Crippen molar-refractivity contribution in [3.8, 4) is 33.9 Å². The lowest BCUT2D eigenvalue weighted by Crippen LogP contribution is -2.24. The van der Waals surface area contributed by atoms with Gasteiger partial charge >= 0.3 is 0 Å². The van der Waals surface area contributed by atoms with E-state index in [0.717, 1.165) is 48.3 Å². The molecule has 7 rings (SSSR count). The van der Waals surface area contributed by atoms with Crippen LogP contribution in [-0.4, -0.2) is 31.1 Å². The lowest BCUT2D eigenvalue weighted by molar-refractivity contribution is 0.160. The number of benzene rings is 3. The molecule has 206 valence electrons. The van der Waals surface area contributed by atoms with Gasteiger partial charge in [0.15, 0.2) is 0 Å². The number of aliphatic hydroxyl groups is 1. The summed E-state index contributed by atoms with van der Waals surface area (Å²) < 4.78 is 6.24. The van der Waals surface area contributed by atoms with Crippen LogP contribution in [0.1, 0.15) is 18.6 Å². The fourth-order valence-corrected chi connectivity index (χ4v) is 6.82. The lowest BCUT2D eigenvalue weighted by atomic mass is 10.0. The predicted octanol–water partition coefficient (Wildman–Crippen LogP) is 8.36. The van der Waals surface area contributed by atoms with Gasteiger partial charge in [-0.25, -0.2) is 19.9 Å². The number of nitrogens with one attached hydrogen (secondary N) is 1. The number of hydrogen-bond acceptors (Lipinski definition) is 9. The van der Waals surface area contributed by atoms with Gasteiger partial charge in [-0.05, 0) is 35.7 Å². The Morgan fingerprint density at radius 1 is 0.690 bits per heavy atom. The Morgan fingerprint density at radius 3 is 1.90 bits per heavy atom. The van der Waals surface area contributed by atoms with Crippen molar-refractivity contribution in [1.29, 1.82) is 0 Å². The molecule has 7 nitrogen and oxygen atoms in total. The van der Waals surface area contributed by atoms with Gasteiger partial charge in [0.1, 0.15) is 33.9 Å². The zero-order valence-electron chi connectivity index (χ0n) is 22.5. The van der Waals surface area contributed by atoms with E-state index >= 15 is 0 Å². The first-order valence-electron chi connectivity index (χ1n) is 13.4. The normalized spacial score (nSPS) is 12.8. The fraction of sp³-hybridized carbons (Fsp3) is 0.0909. The SMILES string of the molecule is C[C@@H](Nc1ncnc2scc(-c3ccccc3)c12)[C@@H](O)c1ccc(Oc2ncnc3scc(-c4ccccc4)c23)cc1. The largest absolute Gasteiger partial charge is 0.438 e. The number of ether oxygens (including phenoxy) is 1. The molecule has 0 radical (unpaired) electrons. The molecule has 2 atom stereocenters. The second kappa shape index (κ2) is 11.3. The van der Waals surface area contributed by atoms with Crippen molar-refractivity contribution >= 4 is 48.9 Å². The van der Waals surface area contributed by atoms with E-state index < -0.39 is 6.10 Å². The maximum atomic E-state index is 11.3. The molecular formula is C33H25N5O2S2. The van der Waals surface area contributed by atoms with E-state index in [1.165, 1.54) is 6.33 Å². The average Bonchev–Trinajstić information content (AvgIpc) is 3.68. The van der Waals surface area contributed by atoms with Gasteiger partial charge in [0, 0.05) is 21.9 Å². The second-order valence-electron chi connectivity index (χ2n) is 9.84. The number of rotatable bonds is 8. The summed E-state index contributed by atoms with van der Waals surface area (Å²) in [6.07, 6.45) is 2.30. The molecule has 4 aromatic heterocycles. The molecular weight excluding hydrogens is 563 g/mol. The van der Waals surface area contributed by atoms with Crippen LogP contribution in [0.25, 0.3) is 42.7 Å². The first-order chi connectivity index (χ1) is 20.7. The summed E-state index contributed by atoms with van der Waals surface area (Å²) in [6.45, 7) is 1.94. The van der Waals surface area contributed by atoms with Crippen LogP contribution in [0.15, 0.2) is 108 Å². The van der Waals surface area contributed by atoms with Crippen molar-refractivity contribution in [2.75, 3.05) is 5.32 Å². The number of thiophene rings is 2. The molecule has 0 fully saturated rings. The highest BCUT2D eigenvalue weighted by atomic mass is 32.1. The first-order valence-corrected chi connectivity index (χ1v) is 15.2. The van der Waals surface area contributed by atoms with E-state index in [-0.39, 0.29) is 6.04 Å². The zero-order chi connectivity index (χ0) is 28.5. The summed E-state index contributed by atoms with van der Waals surface area (Å²) in [4.78, 5) is 19.6. The van der Waals surface area contributed by atoms with Gasteiger partial charge in [-0.2, -0.15) is 0 Å². The van der Waals surface area contributed by atoms with Crippen LogP contribution in [-0.2, 0) is 0 Å². The summed E-state index contributed by atoms with van der Waals surface area (Å²) in [5.41, 5.74) is 5.06. The summed E-state index contributed by atoms with van der Waals surface area (Å²) in [5.74, 6) is 1.82. The van der Waals surface area contributed by atoms with E-state index in [9.17, 15) is 5.11 Å². The molecule has 7 aromatic rings. The van der Waals surface area contributed by atoms with Crippen molar-refractivity contribution in [2.45, 2.75) is 19.1 Å². The number of anilines is 1. The standard InChI is InChI=1S/C33H25N5O2S2/c1-20(38-30-27-25(21-8-4-2-5-9-21)16-41-32(27)36-18-34-30)29(39)23-12-14-24(15-13-23)40-31-28-26(22-10-6-3-7-11-22)17-42-33(28)37-19-35-31/h2-20,29,39H,1H3,(H,34,36,38)/t20-,29-/m1/s1. The fourth-order valence-electron chi connectivity index (χ4n) is 5.00. The molecule has 0 saturated heterocycles. The van der Waals surface area contributed by atoms with E-state index in [2.05, 4.69) is 60.3 Å². The number of aromatic nitrogens is 4. The van der Waals surface area contributed by atoms with Gasteiger partial charge in [0.2, 0.25) is 5.88 Å². The van der Waals surface area contributed by atoms with Crippen molar-refractivity contribution in [2.24, 2.45) is 0 Å².